The van der Waals surface area contributed by atoms with E-state index in [0.717, 1.165) is 39.0 Å². The fourth-order valence-corrected chi connectivity index (χ4v) is 4.07. The number of amides is 1. The fourth-order valence-electron chi connectivity index (χ4n) is 4.07. The van der Waals surface area contributed by atoms with Gasteiger partial charge in [0.1, 0.15) is 5.60 Å². The normalized spacial score (nSPS) is 24.0. The second-order valence-electron chi connectivity index (χ2n) is 8.45. The van der Waals surface area contributed by atoms with Gasteiger partial charge in [-0.3, -0.25) is 4.98 Å². The molecule has 0 saturated carbocycles. The molecule has 2 aliphatic heterocycles. The van der Waals surface area contributed by atoms with E-state index >= 15 is 0 Å². The number of rotatable bonds is 1. The molecular formula is C19H29N3O2. The number of pyridine rings is 1. The van der Waals surface area contributed by atoms with E-state index in [-0.39, 0.29) is 11.5 Å². The Morgan fingerprint density at radius 1 is 1.12 bits per heavy atom. The Labute approximate surface area is 145 Å². The maximum atomic E-state index is 12.3. The quantitative estimate of drug-likeness (QED) is 0.790. The van der Waals surface area contributed by atoms with Crippen LogP contribution >= 0.6 is 0 Å². The SMILES string of the molecule is Cc1cncc(C)c1N1CCC2(CCN(C(=O)OC(C)(C)C)C2)C1. The number of ether oxygens (including phenoxy) is 1. The summed E-state index contributed by atoms with van der Waals surface area (Å²) < 4.78 is 5.54. The molecule has 1 aromatic heterocycles. The second-order valence-corrected chi connectivity index (χ2v) is 8.45. The van der Waals surface area contributed by atoms with Gasteiger partial charge < -0.3 is 14.5 Å². The minimum absolute atomic E-state index is 0.172. The van der Waals surface area contributed by atoms with Crippen LogP contribution in [0, 0.1) is 19.3 Å². The van der Waals surface area contributed by atoms with Crippen molar-refractivity contribution < 1.29 is 9.53 Å². The number of nitrogens with zero attached hydrogens (tertiary/aromatic N) is 3. The number of likely N-dealkylation sites (tertiary alicyclic amines) is 1. The van der Waals surface area contributed by atoms with E-state index in [0.29, 0.717) is 0 Å². The van der Waals surface area contributed by atoms with Crippen LogP contribution < -0.4 is 4.90 Å². The van der Waals surface area contributed by atoms with Gasteiger partial charge in [-0.1, -0.05) is 0 Å². The topological polar surface area (TPSA) is 45.7 Å². The minimum atomic E-state index is -0.431. The van der Waals surface area contributed by atoms with Crippen molar-refractivity contribution in [2.75, 3.05) is 31.1 Å². The highest BCUT2D eigenvalue weighted by Crippen LogP contribution is 2.42. The fraction of sp³-hybridized carbons (Fsp3) is 0.684. The van der Waals surface area contributed by atoms with Gasteiger partial charge in [0.25, 0.3) is 0 Å². The van der Waals surface area contributed by atoms with Gasteiger partial charge in [-0.2, -0.15) is 0 Å². The van der Waals surface area contributed by atoms with Crippen molar-refractivity contribution in [3.8, 4) is 0 Å². The number of aromatic nitrogens is 1. The van der Waals surface area contributed by atoms with Crippen LogP contribution in [-0.4, -0.2) is 47.8 Å². The third-order valence-electron chi connectivity index (χ3n) is 5.13. The lowest BCUT2D eigenvalue weighted by Gasteiger charge is -2.28. The first-order chi connectivity index (χ1) is 11.2. The van der Waals surface area contributed by atoms with E-state index in [4.69, 9.17) is 4.74 Å². The molecule has 5 nitrogen and oxygen atoms in total. The highest BCUT2D eigenvalue weighted by atomic mass is 16.6. The first-order valence-corrected chi connectivity index (χ1v) is 8.83. The summed E-state index contributed by atoms with van der Waals surface area (Å²) in [6, 6.07) is 0. The molecule has 0 N–H and O–H groups in total. The lowest BCUT2D eigenvalue weighted by Crippen LogP contribution is -2.37. The molecule has 1 aromatic rings. The van der Waals surface area contributed by atoms with Crippen LogP contribution in [0.3, 0.4) is 0 Å². The van der Waals surface area contributed by atoms with Crippen molar-refractivity contribution >= 4 is 11.8 Å². The zero-order chi connectivity index (χ0) is 17.5. The number of hydrogen-bond donors (Lipinski definition) is 0. The first kappa shape index (κ1) is 17.1. The molecule has 2 fully saturated rings. The number of carbonyl (C=O) groups excluding carboxylic acids is 1. The van der Waals surface area contributed by atoms with E-state index in [1.165, 1.54) is 16.8 Å². The largest absolute Gasteiger partial charge is 0.444 e. The Kier molecular flexibility index (Phi) is 4.22. The van der Waals surface area contributed by atoms with Crippen molar-refractivity contribution in [2.45, 2.75) is 53.1 Å². The van der Waals surface area contributed by atoms with Gasteiger partial charge in [0.05, 0.1) is 0 Å². The van der Waals surface area contributed by atoms with Crippen LogP contribution in [0.1, 0.15) is 44.7 Å². The second kappa shape index (κ2) is 5.94. The van der Waals surface area contributed by atoms with Gasteiger partial charge in [-0.25, -0.2) is 4.79 Å². The van der Waals surface area contributed by atoms with E-state index < -0.39 is 5.60 Å². The molecule has 0 bridgehead atoms. The van der Waals surface area contributed by atoms with Gasteiger partial charge in [0.2, 0.25) is 0 Å². The Morgan fingerprint density at radius 2 is 1.75 bits per heavy atom. The molecule has 0 aromatic carbocycles. The minimum Gasteiger partial charge on any atom is -0.444 e. The molecule has 1 spiro atoms. The third-order valence-corrected chi connectivity index (χ3v) is 5.13. The Bertz CT molecular complexity index is 618. The van der Waals surface area contributed by atoms with Crippen molar-refractivity contribution in [3.05, 3.63) is 23.5 Å². The van der Waals surface area contributed by atoms with E-state index in [1.807, 2.05) is 38.1 Å². The molecule has 24 heavy (non-hydrogen) atoms. The smallest absolute Gasteiger partial charge is 0.410 e. The summed E-state index contributed by atoms with van der Waals surface area (Å²) in [6.45, 7) is 13.7. The maximum Gasteiger partial charge on any atom is 0.410 e. The van der Waals surface area contributed by atoms with Crippen molar-refractivity contribution in [1.29, 1.82) is 0 Å². The van der Waals surface area contributed by atoms with E-state index in [9.17, 15) is 4.79 Å². The van der Waals surface area contributed by atoms with Gasteiger partial charge in [0, 0.05) is 49.7 Å². The average Bonchev–Trinajstić information content (AvgIpc) is 3.05. The zero-order valence-corrected chi connectivity index (χ0v) is 15.6. The monoisotopic (exact) mass is 331 g/mol. The highest BCUT2D eigenvalue weighted by Gasteiger charge is 2.46. The van der Waals surface area contributed by atoms with E-state index in [2.05, 4.69) is 23.7 Å². The van der Waals surface area contributed by atoms with Crippen molar-refractivity contribution in [2.24, 2.45) is 5.41 Å². The first-order valence-electron chi connectivity index (χ1n) is 8.83. The highest BCUT2D eigenvalue weighted by molar-refractivity contribution is 5.69. The molecule has 0 aliphatic carbocycles. The van der Waals surface area contributed by atoms with Crippen LogP contribution in [0.4, 0.5) is 10.5 Å². The van der Waals surface area contributed by atoms with Gasteiger partial charge in [0.15, 0.2) is 0 Å². The Hall–Kier alpha value is -1.78. The van der Waals surface area contributed by atoms with Crippen LogP contribution in [0.15, 0.2) is 12.4 Å². The number of carbonyl (C=O) groups is 1. The predicted molar refractivity (Wildman–Crippen MR) is 95.4 cm³/mol. The molecule has 5 heteroatoms. The van der Waals surface area contributed by atoms with Crippen molar-refractivity contribution in [3.63, 3.8) is 0 Å². The Morgan fingerprint density at radius 3 is 2.38 bits per heavy atom. The number of aryl methyl sites for hydroxylation is 2. The molecule has 2 saturated heterocycles. The summed E-state index contributed by atoms with van der Waals surface area (Å²) in [5.41, 5.74) is 3.56. The summed E-state index contributed by atoms with van der Waals surface area (Å²) >= 11 is 0. The lowest BCUT2D eigenvalue weighted by atomic mass is 9.86. The molecule has 3 heterocycles. The lowest BCUT2D eigenvalue weighted by molar-refractivity contribution is 0.0276. The predicted octanol–water partition coefficient (Wildman–Crippen LogP) is 3.54. The van der Waals surface area contributed by atoms with Gasteiger partial charge in [-0.15, -0.1) is 0 Å². The molecule has 2 aliphatic rings. The summed E-state index contributed by atoms with van der Waals surface area (Å²) in [4.78, 5) is 21.0. The standard InChI is InChI=1S/C19H29N3O2/c1-14-10-20-11-15(2)16(14)21-8-6-19(12-21)7-9-22(13-19)17(23)24-18(3,4)5/h10-11H,6-9,12-13H2,1-5H3. The summed E-state index contributed by atoms with van der Waals surface area (Å²) in [6.07, 6.45) is 5.90. The average molecular weight is 331 g/mol. The maximum absolute atomic E-state index is 12.3. The van der Waals surface area contributed by atoms with Gasteiger partial charge >= 0.3 is 6.09 Å². The van der Waals surface area contributed by atoms with Gasteiger partial charge in [-0.05, 0) is 58.6 Å². The summed E-state index contributed by atoms with van der Waals surface area (Å²) in [5, 5.41) is 0. The molecule has 3 rings (SSSR count). The van der Waals surface area contributed by atoms with E-state index in [1.54, 1.807) is 0 Å². The molecule has 1 unspecified atom stereocenters. The number of hydrogen-bond acceptors (Lipinski definition) is 4. The molecular weight excluding hydrogens is 302 g/mol. The Balaban J connectivity index is 1.69. The third kappa shape index (κ3) is 3.35. The van der Waals surface area contributed by atoms with Crippen LogP contribution in [0.5, 0.6) is 0 Å². The number of anilines is 1. The molecule has 0 radical (unpaired) electrons. The molecule has 1 amide bonds. The van der Waals surface area contributed by atoms with Crippen LogP contribution in [-0.2, 0) is 4.74 Å². The van der Waals surface area contributed by atoms with Crippen LogP contribution in [0.2, 0.25) is 0 Å². The molecule has 1 atom stereocenters. The van der Waals surface area contributed by atoms with Crippen molar-refractivity contribution in [1.82, 2.24) is 9.88 Å². The summed E-state index contributed by atoms with van der Waals surface area (Å²) in [5.74, 6) is 0. The summed E-state index contributed by atoms with van der Waals surface area (Å²) in [7, 11) is 0. The van der Waals surface area contributed by atoms with Crippen LogP contribution in [0.25, 0.3) is 0 Å². The zero-order valence-electron chi connectivity index (χ0n) is 15.6. The molecule has 132 valence electrons.